The van der Waals surface area contributed by atoms with E-state index in [9.17, 15) is 14.4 Å². The van der Waals surface area contributed by atoms with E-state index in [0.717, 1.165) is 22.3 Å². The molecule has 0 unspecified atom stereocenters. The predicted molar refractivity (Wildman–Crippen MR) is 140 cm³/mol. The minimum Gasteiger partial charge on any atom is -0.493 e. The Morgan fingerprint density at radius 3 is 2.56 bits per heavy atom. The number of nitrogens with one attached hydrogen (secondary N) is 1. The maximum atomic E-state index is 12.9. The van der Waals surface area contributed by atoms with Crippen LogP contribution >= 0.6 is 24.0 Å². The highest BCUT2D eigenvalue weighted by Gasteiger charge is 2.34. The lowest BCUT2D eigenvalue weighted by Gasteiger charge is -2.26. The topological polar surface area (TPSA) is 97.4 Å². The molecule has 2 fully saturated rings. The van der Waals surface area contributed by atoms with Crippen LogP contribution < -0.4 is 14.9 Å². The molecule has 188 valence electrons. The number of amides is 3. The highest BCUT2D eigenvalue weighted by Crippen LogP contribution is 2.34. The van der Waals surface area contributed by atoms with Crippen molar-refractivity contribution in [3.63, 3.8) is 0 Å². The molecule has 0 bridgehead atoms. The number of thioether (sulfide) groups is 1. The van der Waals surface area contributed by atoms with Crippen molar-refractivity contribution in [2.24, 2.45) is 0 Å². The van der Waals surface area contributed by atoms with E-state index < -0.39 is 11.8 Å². The number of methoxy groups -OCH3 is 1. The normalized spacial score (nSPS) is 16.9. The van der Waals surface area contributed by atoms with Crippen molar-refractivity contribution in [3.8, 4) is 11.5 Å². The SMILES string of the molecule is COc1cc(/C=C2/SC(=S)N(NC(=O)c3ccc(C)cc3)C2=O)ccc1OCC(=O)N1CCOCC1. The van der Waals surface area contributed by atoms with E-state index in [0.29, 0.717) is 53.8 Å². The lowest BCUT2D eigenvalue weighted by Crippen LogP contribution is -2.44. The molecule has 2 aromatic carbocycles. The van der Waals surface area contributed by atoms with Crippen molar-refractivity contribution in [1.29, 1.82) is 0 Å². The summed E-state index contributed by atoms with van der Waals surface area (Å²) < 4.78 is 16.6. The summed E-state index contributed by atoms with van der Waals surface area (Å²) in [5, 5.41) is 1.07. The van der Waals surface area contributed by atoms with Crippen LogP contribution in [0.25, 0.3) is 6.08 Å². The van der Waals surface area contributed by atoms with Crippen LogP contribution in [-0.4, -0.2) is 72.0 Å². The standard InChI is InChI=1S/C25H25N3O6S2/c1-16-3-6-18(7-4-16)23(30)26-28-24(31)21(36-25(28)35)14-17-5-8-19(20(13-17)32-2)34-15-22(29)27-9-11-33-12-10-27/h3-8,13-14H,9-12,15H2,1-2H3,(H,26,30)/b21-14+. The summed E-state index contributed by atoms with van der Waals surface area (Å²) in [7, 11) is 1.50. The molecule has 11 heteroatoms. The number of benzene rings is 2. The van der Waals surface area contributed by atoms with Crippen LogP contribution in [0.3, 0.4) is 0 Å². The maximum absolute atomic E-state index is 12.9. The molecule has 4 rings (SSSR count). The number of thiocarbonyl (C=S) groups is 1. The Kier molecular flexibility index (Phi) is 8.24. The Morgan fingerprint density at radius 2 is 1.86 bits per heavy atom. The number of ether oxygens (including phenoxy) is 3. The van der Waals surface area contributed by atoms with Crippen LogP contribution in [0.4, 0.5) is 0 Å². The van der Waals surface area contributed by atoms with E-state index in [1.54, 1.807) is 41.3 Å². The lowest BCUT2D eigenvalue weighted by atomic mass is 10.1. The third-order valence-corrected chi connectivity index (χ3v) is 6.82. The van der Waals surface area contributed by atoms with E-state index in [-0.39, 0.29) is 16.8 Å². The number of carbonyl (C=O) groups excluding carboxylic acids is 3. The first-order valence-electron chi connectivity index (χ1n) is 11.2. The van der Waals surface area contributed by atoms with Crippen molar-refractivity contribution in [2.45, 2.75) is 6.92 Å². The Labute approximate surface area is 218 Å². The molecule has 36 heavy (non-hydrogen) atoms. The molecule has 0 saturated carbocycles. The molecule has 0 atom stereocenters. The number of rotatable bonds is 7. The van der Waals surface area contributed by atoms with Gasteiger partial charge in [-0.15, -0.1) is 0 Å². The van der Waals surface area contributed by atoms with Crippen LogP contribution in [-0.2, 0) is 14.3 Å². The smallest absolute Gasteiger partial charge is 0.285 e. The highest BCUT2D eigenvalue weighted by atomic mass is 32.2. The number of carbonyl (C=O) groups is 3. The maximum Gasteiger partial charge on any atom is 0.285 e. The van der Waals surface area contributed by atoms with Crippen LogP contribution in [0.15, 0.2) is 47.4 Å². The van der Waals surface area contributed by atoms with E-state index in [2.05, 4.69) is 5.43 Å². The van der Waals surface area contributed by atoms with E-state index in [4.69, 9.17) is 26.4 Å². The quantitative estimate of drug-likeness (QED) is 0.434. The van der Waals surface area contributed by atoms with Crippen LogP contribution in [0.1, 0.15) is 21.5 Å². The van der Waals surface area contributed by atoms with Crippen molar-refractivity contribution >= 4 is 52.1 Å². The fourth-order valence-electron chi connectivity index (χ4n) is 3.52. The average Bonchev–Trinajstić information content (AvgIpc) is 3.15. The molecule has 0 radical (unpaired) electrons. The van der Waals surface area contributed by atoms with E-state index in [1.165, 1.54) is 7.11 Å². The van der Waals surface area contributed by atoms with Gasteiger partial charge in [0.05, 0.1) is 25.2 Å². The van der Waals surface area contributed by atoms with Crippen LogP contribution in [0.5, 0.6) is 11.5 Å². The first kappa shape index (κ1) is 25.7. The minimum absolute atomic E-state index is 0.116. The zero-order chi connectivity index (χ0) is 25.7. The van der Waals surface area contributed by atoms with Gasteiger partial charge in [-0.25, -0.2) is 0 Å². The molecular weight excluding hydrogens is 502 g/mol. The molecule has 3 amide bonds. The van der Waals surface area contributed by atoms with Gasteiger partial charge in [0.15, 0.2) is 22.4 Å². The molecule has 2 saturated heterocycles. The summed E-state index contributed by atoms with van der Waals surface area (Å²) in [6, 6.07) is 12.1. The molecule has 2 aliphatic heterocycles. The molecule has 2 aromatic rings. The fourth-order valence-corrected chi connectivity index (χ4v) is 4.70. The van der Waals surface area contributed by atoms with Crippen LogP contribution in [0, 0.1) is 6.92 Å². The Morgan fingerprint density at radius 1 is 1.14 bits per heavy atom. The van der Waals surface area contributed by atoms with Crippen molar-refractivity contribution in [3.05, 3.63) is 64.1 Å². The molecule has 1 N–H and O–H groups in total. The average molecular weight is 528 g/mol. The lowest BCUT2D eigenvalue weighted by molar-refractivity contribution is -0.137. The van der Waals surface area contributed by atoms with E-state index >= 15 is 0 Å². The predicted octanol–water partition coefficient (Wildman–Crippen LogP) is 2.79. The first-order valence-corrected chi connectivity index (χ1v) is 12.4. The van der Waals surface area contributed by atoms with Gasteiger partial charge in [-0.3, -0.25) is 19.8 Å². The summed E-state index contributed by atoms with van der Waals surface area (Å²) >= 11 is 6.39. The van der Waals surface area contributed by atoms with Crippen molar-refractivity contribution in [2.75, 3.05) is 40.0 Å². The summed E-state index contributed by atoms with van der Waals surface area (Å²) in [5.74, 6) is -0.153. The van der Waals surface area contributed by atoms with Gasteiger partial charge in [0.1, 0.15) is 0 Å². The first-order chi connectivity index (χ1) is 17.4. The number of nitrogens with zero attached hydrogens (tertiary/aromatic N) is 2. The van der Waals surface area contributed by atoms with Crippen molar-refractivity contribution < 1.29 is 28.6 Å². The third kappa shape index (κ3) is 6.04. The van der Waals surface area contributed by atoms with Gasteiger partial charge in [0.25, 0.3) is 17.7 Å². The number of hydrogen-bond donors (Lipinski definition) is 1. The molecule has 2 aliphatic rings. The zero-order valence-corrected chi connectivity index (χ0v) is 21.4. The summed E-state index contributed by atoms with van der Waals surface area (Å²) in [4.78, 5) is 39.9. The van der Waals surface area contributed by atoms with Gasteiger partial charge in [-0.1, -0.05) is 35.5 Å². The Bertz CT molecular complexity index is 1210. The summed E-state index contributed by atoms with van der Waals surface area (Å²) in [6.07, 6.45) is 1.66. The number of aryl methyl sites for hydroxylation is 1. The van der Waals surface area contributed by atoms with Gasteiger partial charge in [-0.2, -0.15) is 5.01 Å². The fraction of sp³-hybridized carbons (Fsp3) is 0.280. The largest absolute Gasteiger partial charge is 0.493 e. The summed E-state index contributed by atoms with van der Waals surface area (Å²) in [5.41, 5.74) is 4.69. The van der Waals surface area contributed by atoms with Crippen molar-refractivity contribution in [1.82, 2.24) is 15.3 Å². The second kappa shape index (κ2) is 11.5. The number of morpholine rings is 1. The number of hydrazine groups is 1. The summed E-state index contributed by atoms with van der Waals surface area (Å²) in [6.45, 7) is 3.93. The Hall–Kier alpha value is -3.41. The van der Waals surface area contributed by atoms with Gasteiger partial charge in [0, 0.05) is 18.7 Å². The van der Waals surface area contributed by atoms with Gasteiger partial charge >= 0.3 is 0 Å². The molecule has 0 aromatic heterocycles. The monoisotopic (exact) mass is 527 g/mol. The number of hydrogen-bond acceptors (Lipinski definition) is 8. The molecule has 0 aliphatic carbocycles. The van der Waals surface area contributed by atoms with Gasteiger partial charge < -0.3 is 19.1 Å². The molecule has 2 heterocycles. The van der Waals surface area contributed by atoms with Gasteiger partial charge in [0.2, 0.25) is 0 Å². The molecule has 9 nitrogen and oxygen atoms in total. The van der Waals surface area contributed by atoms with Crippen LogP contribution in [0.2, 0.25) is 0 Å². The minimum atomic E-state index is -0.430. The van der Waals surface area contributed by atoms with Gasteiger partial charge in [-0.05, 0) is 55.0 Å². The highest BCUT2D eigenvalue weighted by molar-refractivity contribution is 8.26. The van der Waals surface area contributed by atoms with E-state index in [1.807, 2.05) is 19.1 Å². The Balaban J connectivity index is 1.42. The second-order valence-electron chi connectivity index (χ2n) is 8.02. The molecule has 0 spiro atoms. The zero-order valence-electron chi connectivity index (χ0n) is 19.8. The third-order valence-electron chi connectivity index (χ3n) is 5.52. The second-order valence-corrected chi connectivity index (χ2v) is 9.69. The molecular formula is C25H25N3O6S2.